The number of hydrogen-bond donors (Lipinski definition) is 4. The second-order valence-corrected chi connectivity index (χ2v) is 10.1. The molecule has 188 valence electrons. The molecule has 0 bridgehead atoms. The van der Waals surface area contributed by atoms with Gasteiger partial charge in [0.1, 0.15) is 16.5 Å². The summed E-state index contributed by atoms with van der Waals surface area (Å²) >= 11 is 0. The third-order valence-electron chi connectivity index (χ3n) is 5.98. The summed E-state index contributed by atoms with van der Waals surface area (Å²) in [5.41, 5.74) is 3.90. The maximum absolute atomic E-state index is 14.2. The maximum Gasteiger partial charge on any atom is 0.264 e. The van der Waals surface area contributed by atoms with Crippen LogP contribution in [0.1, 0.15) is 0 Å². The van der Waals surface area contributed by atoms with Crippen molar-refractivity contribution in [2.24, 2.45) is 0 Å². The van der Waals surface area contributed by atoms with E-state index in [9.17, 15) is 12.8 Å². The van der Waals surface area contributed by atoms with Crippen LogP contribution < -0.4 is 20.1 Å². The summed E-state index contributed by atoms with van der Waals surface area (Å²) in [4.78, 5) is -0.483. The number of halogens is 1. The molecular weight excluding hydrogens is 485 g/mol. The van der Waals surface area contributed by atoms with Gasteiger partial charge in [0.2, 0.25) is 0 Å². The molecule has 0 saturated carbocycles. The van der Waals surface area contributed by atoms with Gasteiger partial charge >= 0.3 is 0 Å². The Morgan fingerprint density at radius 1 is 1.14 bits per heavy atom. The van der Waals surface area contributed by atoms with Crippen molar-refractivity contribution >= 4 is 32.3 Å². The average Bonchev–Trinajstić information content (AvgIpc) is 3.37. The van der Waals surface area contributed by atoms with Gasteiger partial charge in [-0.15, -0.1) is 0 Å². The van der Waals surface area contributed by atoms with E-state index in [4.69, 9.17) is 9.47 Å². The number of aromatic nitrogens is 2. The number of sulfonamides is 1. The average molecular weight is 512 g/mol. The fraction of sp³-hybridized carbons (Fsp3) is 0.240. The maximum atomic E-state index is 14.2. The third-order valence-corrected chi connectivity index (χ3v) is 7.38. The summed E-state index contributed by atoms with van der Waals surface area (Å²) in [6.45, 7) is 2.99. The van der Waals surface area contributed by atoms with Crippen LogP contribution in [-0.4, -0.2) is 58.1 Å². The van der Waals surface area contributed by atoms with Crippen LogP contribution in [0.3, 0.4) is 0 Å². The minimum absolute atomic E-state index is 0.0751. The molecule has 9 nitrogen and oxygen atoms in total. The van der Waals surface area contributed by atoms with Gasteiger partial charge < -0.3 is 20.1 Å². The lowest BCUT2D eigenvalue weighted by molar-refractivity contribution is 0.0372. The largest absolute Gasteiger partial charge is 0.497 e. The SMILES string of the molecule is COc1ccc(F)c(S(=O)(=O)Nc2ccc(-c3cc(NCC4CNCCO4)c4cn[nH]c4c3)cc2)c1. The standard InChI is InChI=1S/C25H26FN5O4S/c1-34-19-6-7-22(26)25(12-19)36(32,33)31-18-4-2-16(3-5-18)17-10-23(21-15-29-30-24(21)11-17)28-14-20-13-27-8-9-35-20/h2-7,10-12,15,20,27-28,31H,8-9,13-14H2,1H3,(H,29,30). The Morgan fingerprint density at radius 3 is 2.72 bits per heavy atom. The molecule has 1 fully saturated rings. The van der Waals surface area contributed by atoms with E-state index in [-0.39, 0.29) is 11.9 Å². The van der Waals surface area contributed by atoms with E-state index in [1.54, 1.807) is 30.5 Å². The van der Waals surface area contributed by atoms with Crippen LogP contribution >= 0.6 is 0 Å². The molecule has 0 aliphatic carbocycles. The topological polar surface area (TPSA) is 117 Å². The van der Waals surface area contributed by atoms with Gasteiger partial charge in [-0.05, 0) is 47.5 Å². The highest BCUT2D eigenvalue weighted by Gasteiger charge is 2.20. The predicted octanol–water partition coefficient (Wildman–Crippen LogP) is 3.58. The number of rotatable bonds is 8. The van der Waals surface area contributed by atoms with Crippen molar-refractivity contribution in [3.05, 3.63) is 66.6 Å². The zero-order chi connectivity index (χ0) is 25.1. The van der Waals surface area contributed by atoms with Gasteiger partial charge in [-0.25, -0.2) is 12.8 Å². The lowest BCUT2D eigenvalue weighted by Gasteiger charge is -2.24. The fourth-order valence-electron chi connectivity index (χ4n) is 4.10. The van der Waals surface area contributed by atoms with Crippen molar-refractivity contribution in [3.63, 3.8) is 0 Å². The van der Waals surface area contributed by atoms with Gasteiger partial charge in [-0.3, -0.25) is 9.82 Å². The zero-order valence-electron chi connectivity index (χ0n) is 19.5. The first kappa shape index (κ1) is 24.0. The smallest absolute Gasteiger partial charge is 0.264 e. The number of hydrogen-bond acceptors (Lipinski definition) is 7. The molecule has 11 heteroatoms. The monoisotopic (exact) mass is 511 g/mol. The number of benzene rings is 3. The van der Waals surface area contributed by atoms with E-state index in [1.807, 2.05) is 12.1 Å². The Labute approximate surface area is 208 Å². The molecule has 1 atom stereocenters. The molecule has 0 radical (unpaired) electrons. The van der Waals surface area contributed by atoms with Gasteiger partial charge in [0.15, 0.2) is 0 Å². The number of aromatic amines is 1. The number of methoxy groups -OCH3 is 1. The van der Waals surface area contributed by atoms with E-state index in [1.165, 1.54) is 13.2 Å². The summed E-state index contributed by atoms with van der Waals surface area (Å²) in [6, 6.07) is 14.5. The molecule has 5 rings (SSSR count). The van der Waals surface area contributed by atoms with E-state index in [0.29, 0.717) is 18.8 Å². The number of nitrogens with zero attached hydrogens (tertiary/aromatic N) is 1. The Balaban J connectivity index is 1.37. The molecule has 1 unspecified atom stereocenters. The molecular formula is C25H26FN5O4S. The van der Waals surface area contributed by atoms with Crippen molar-refractivity contribution in [1.29, 1.82) is 0 Å². The highest BCUT2D eigenvalue weighted by Crippen LogP contribution is 2.31. The quantitative estimate of drug-likeness (QED) is 0.286. The Kier molecular flexibility index (Phi) is 6.77. The first-order valence-electron chi connectivity index (χ1n) is 11.4. The summed E-state index contributed by atoms with van der Waals surface area (Å²) in [5, 5.41) is 14.9. The first-order valence-corrected chi connectivity index (χ1v) is 12.9. The number of ether oxygens (including phenoxy) is 2. The summed E-state index contributed by atoms with van der Waals surface area (Å²) < 4.78 is 53.0. The molecule has 2 heterocycles. The number of anilines is 2. The number of fused-ring (bicyclic) bond motifs is 1. The lowest BCUT2D eigenvalue weighted by atomic mass is 10.0. The van der Waals surface area contributed by atoms with E-state index < -0.39 is 20.7 Å². The van der Waals surface area contributed by atoms with Crippen molar-refractivity contribution in [2.45, 2.75) is 11.0 Å². The minimum Gasteiger partial charge on any atom is -0.497 e. The normalized spacial score (nSPS) is 16.1. The van der Waals surface area contributed by atoms with Crippen LogP contribution in [0.25, 0.3) is 22.0 Å². The van der Waals surface area contributed by atoms with Crippen molar-refractivity contribution in [1.82, 2.24) is 15.5 Å². The van der Waals surface area contributed by atoms with Crippen LogP contribution in [0.5, 0.6) is 5.75 Å². The Hall–Kier alpha value is -3.67. The second kappa shape index (κ2) is 10.1. The summed E-state index contributed by atoms with van der Waals surface area (Å²) in [7, 11) is -2.76. The van der Waals surface area contributed by atoms with Gasteiger partial charge in [0.05, 0.1) is 31.5 Å². The van der Waals surface area contributed by atoms with Crippen LogP contribution in [0, 0.1) is 5.82 Å². The Morgan fingerprint density at radius 2 is 1.97 bits per heavy atom. The third kappa shape index (κ3) is 5.13. The molecule has 1 aliphatic heterocycles. The molecule has 3 aromatic carbocycles. The molecule has 0 spiro atoms. The van der Waals surface area contributed by atoms with Gasteiger partial charge in [-0.2, -0.15) is 5.10 Å². The highest BCUT2D eigenvalue weighted by atomic mass is 32.2. The minimum atomic E-state index is -4.15. The first-order chi connectivity index (χ1) is 17.4. The van der Waals surface area contributed by atoms with Crippen LogP contribution in [0.4, 0.5) is 15.8 Å². The molecule has 36 heavy (non-hydrogen) atoms. The molecule has 1 aliphatic rings. The zero-order valence-corrected chi connectivity index (χ0v) is 20.4. The van der Waals surface area contributed by atoms with Crippen LogP contribution in [0.2, 0.25) is 0 Å². The van der Waals surface area contributed by atoms with Crippen molar-refractivity contribution in [3.8, 4) is 16.9 Å². The summed E-state index contributed by atoms with van der Waals surface area (Å²) in [5.74, 6) is -0.612. The summed E-state index contributed by atoms with van der Waals surface area (Å²) in [6.07, 6.45) is 1.85. The Bertz CT molecular complexity index is 1470. The predicted molar refractivity (Wildman–Crippen MR) is 136 cm³/mol. The molecule has 4 N–H and O–H groups in total. The van der Waals surface area contributed by atoms with E-state index >= 15 is 0 Å². The fourth-order valence-corrected chi connectivity index (χ4v) is 5.25. The lowest BCUT2D eigenvalue weighted by Crippen LogP contribution is -2.42. The van der Waals surface area contributed by atoms with Gasteiger partial charge in [-0.1, -0.05) is 12.1 Å². The molecule has 1 saturated heterocycles. The van der Waals surface area contributed by atoms with E-state index in [2.05, 4.69) is 25.6 Å². The van der Waals surface area contributed by atoms with Crippen molar-refractivity contribution in [2.75, 3.05) is 43.4 Å². The van der Waals surface area contributed by atoms with Crippen LogP contribution in [0.15, 0.2) is 65.7 Å². The van der Waals surface area contributed by atoms with Gasteiger partial charge in [0.25, 0.3) is 10.0 Å². The highest BCUT2D eigenvalue weighted by molar-refractivity contribution is 7.92. The second-order valence-electron chi connectivity index (χ2n) is 8.41. The van der Waals surface area contributed by atoms with Crippen molar-refractivity contribution < 1.29 is 22.3 Å². The van der Waals surface area contributed by atoms with Gasteiger partial charge in [0, 0.05) is 42.5 Å². The molecule has 0 amide bonds. The molecule has 4 aromatic rings. The van der Waals surface area contributed by atoms with Crippen LogP contribution in [-0.2, 0) is 14.8 Å². The number of nitrogens with one attached hydrogen (secondary N) is 4. The van der Waals surface area contributed by atoms with E-state index in [0.717, 1.165) is 52.9 Å². The number of H-pyrrole nitrogens is 1. The molecule has 1 aromatic heterocycles. The number of morpholine rings is 1.